The Balaban J connectivity index is 2.87. The Morgan fingerprint density at radius 1 is 1.42 bits per heavy atom. The molecule has 0 bridgehead atoms. The van der Waals surface area contributed by atoms with Crippen molar-refractivity contribution in [1.29, 1.82) is 0 Å². The summed E-state index contributed by atoms with van der Waals surface area (Å²) < 4.78 is 2.44. The highest BCUT2D eigenvalue weighted by atomic mass is 79.9. The van der Waals surface area contributed by atoms with Gasteiger partial charge in [0.15, 0.2) is 0 Å². The summed E-state index contributed by atoms with van der Waals surface area (Å²) in [4.78, 5) is 0. The van der Waals surface area contributed by atoms with Gasteiger partial charge in [0, 0.05) is 9.72 Å². The molecule has 0 nitrogen and oxygen atoms in total. The molecule has 12 heavy (non-hydrogen) atoms. The summed E-state index contributed by atoms with van der Waals surface area (Å²) in [7, 11) is 0. The first-order valence-corrected chi connectivity index (χ1v) is 5.51. The lowest BCUT2D eigenvalue weighted by molar-refractivity contribution is 1.57. The maximum atomic E-state index is 5.87. The Kier molecular flexibility index (Phi) is 2.15. The zero-order valence-electron chi connectivity index (χ0n) is 6.40. The van der Waals surface area contributed by atoms with Gasteiger partial charge in [-0.05, 0) is 45.9 Å². The van der Waals surface area contributed by atoms with Crippen LogP contribution in [-0.2, 0) is 0 Å². The van der Waals surface area contributed by atoms with Crippen molar-refractivity contribution in [3.63, 3.8) is 0 Å². The molecule has 1 aromatic carbocycles. The van der Waals surface area contributed by atoms with Gasteiger partial charge in [-0.15, -0.1) is 11.3 Å². The van der Waals surface area contributed by atoms with Gasteiger partial charge < -0.3 is 0 Å². The van der Waals surface area contributed by atoms with E-state index in [-0.39, 0.29) is 0 Å². The maximum absolute atomic E-state index is 5.87. The van der Waals surface area contributed by atoms with E-state index in [0.717, 1.165) is 5.02 Å². The van der Waals surface area contributed by atoms with Crippen molar-refractivity contribution in [3.05, 3.63) is 32.6 Å². The number of hydrogen-bond donors (Lipinski definition) is 0. The van der Waals surface area contributed by atoms with Gasteiger partial charge in [-0.25, -0.2) is 0 Å². The number of hydrogen-bond acceptors (Lipinski definition) is 1. The lowest BCUT2D eigenvalue weighted by atomic mass is 10.2. The highest BCUT2D eigenvalue weighted by Gasteiger charge is 2.05. The number of thiophene rings is 1. The number of fused-ring (bicyclic) bond motifs is 1. The Hall–Kier alpha value is -0.0500. The van der Waals surface area contributed by atoms with Gasteiger partial charge in [-0.2, -0.15) is 0 Å². The summed E-state index contributed by atoms with van der Waals surface area (Å²) in [6, 6.07) is 5.99. The van der Waals surface area contributed by atoms with Gasteiger partial charge in [-0.1, -0.05) is 17.7 Å². The van der Waals surface area contributed by atoms with Crippen molar-refractivity contribution in [1.82, 2.24) is 0 Å². The molecule has 0 saturated heterocycles. The molecule has 1 heterocycles. The van der Waals surface area contributed by atoms with E-state index in [9.17, 15) is 0 Å². The highest BCUT2D eigenvalue weighted by molar-refractivity contribution is 9.11. The molecule has 62 valence electrons. The molecular formula is C9H6BrClS. The van der Waals surface area contributed by atoms with E-state index in [1.807, 2.05) is 12.1 Å². The van der Waals surface area contributed by atoms with Gasteiger partial charge >= 0.3 is 0 Å². The first-order chi connectivity index (χ1) is 5.68. The van der Waals surface area contributed by atoms with Gasteiger partial charge in [0.1, 0.15) is 0 Å². The molecule has 0 N–H and O–H groups in total. The van der Waals surface area contributed by atoms with Gasteiger partial charge in [0.05, 0.1) is 3.79 Å². The van der Waals surface area contributed by atoms with E-state index >= 15 is 0 Å². The van der Waals surface area contributed by atoms with E-state index in [1.54, 1.807) is 11.3 Å². The van der Waals surface area contributed by atoms with Crippen molar-refractivity contribution < 1.29 is 0 Å². The fourth-order valence-electron chi connectivity index (χ4n) is 1.17. The highest BCUT2D eigenvalue weighted by Crippen LogP contribution is 2.35. The monoisotopic (exact) mass is 260 g/mol. The number of rotatable bonds is 0. The van der Waals surface area contributed by atoms with Crippen molar-refractivity contribution in [3.8, 4) is 0 Å². The predicted octanol–water partition coefficient (Wildman–Crippen LogP) is 4.63. The third-order valence-electron chi connectivity index (χ3n) is 1.84. The Morgan fingerprint density at radius 2 is 2.17 bits per heavy atom. The minimum atomic E-state index is 0.802. The minimum Gasteiger partial charge on any atom is -0.128 e. The third kappa shape index (κ3) is 1.28. The fourth-order valence-corrected chi connectivity index (χ4v) is 3.12. The molecule has 1 aromatic heterocycles. The Morgan fingerprint density at radius 3 is 2.92 bits per heavy atom. The molecule has 2 rings (SSSR count). The Labute approximate surface area is 88.3 Å². The molecule has 2 aromatic rings. The van der Waals surface area contributed by atoms with Crippen molar-refractivity contribution in [2.75, 3.05) is 0 Å². The molecule has 0 aliphatic rings. The van der Waals surface area contributed by atoms with E-state index in [2.05, 4.69) is 28.9 Å². The molecule has 0 atom stereocenters. The zero-order valence-corrected chi connectivity index (χ0v) is 9.55. The third-order valence-corrected chi connectivity index (χ3v) is 4.20. The second kappa shape index (κ2) is 3.02. The zero-order chi connectivity index (χ0) is 8.72. The summed E-state index contributed by atoms with van der Waals surface area (Å²) in [5.41, 5.74) is 1.30. The lowest BCUT2D eigenvalue weighted by Crippen LogP contribution is -1.67. The van der Waals surface area contributed by atoms with Crippen LogP contribution in [0.4, 0.5) is 0 Å². The molecule has 0 aliphatic carbocycles. The second-order valence-electron chi connectivity index (χ2n) is 2.64. The summed E-state index contributed by atoms with van der Waals surface area (Å²) in [6.45, 7) is 2.11. The van der Waals surface area contributed by atoms with Crippen molar-refractivity contribution in [2.45, 2.75) is 6.92 Å². The number of aryl methyl sites for hydroxylation is 1. The molecule has 0 saturated carbocycles. The van der Waals surface area contributed by atoms with Crippen LogP contribution in [0, 0.1) is 6.92 Å². The summed E-state index contributed by atoms with van der Waals surface area (Å²) in [5.74, 6) is 0. The van der Waals surface area contributed by atoms with E-state index in [1.165, 1.54) is 19.4 Å². The smallest absolute Gasteiger partial charge is 0.0740 e. The standard InChI is InChI=1S/C9H6BrClS/c1-5-7-3-2-6(11)4-8(7)12-9(5)10/h2-4H,1H3. The quantitative estimate of drug-likeness (QED) is 0.649. The maximum Gasteiger partial charge on any atom is 0.0740 e. The van der Waals surface area contributed by atoms with Crippen LogP contribution in [0.25, 0.3) is 10.1 Å². The fraction of sp³-hybridized carbons (Fsp3) is 0.111. The van der Waals surface area contributed by atoms with Crippen LogP contribution in [0.2, 0.25) is 5.02 Å². The number of halogens is 2. The Bertz CT molecular complexity index is 433. The van der Waals surface area contributed by atoms with Crippen LogP contribution < -0.4 is 0 Å². The van der Waals surface area contributed by atoms with Crippen LogP contribution in [0.1, 0.15) is 5.56 Å². The minimum absolute atomic E-state index is 0.802. The normalized spacial score (nSPS) is 10.9. The number of benzene rings is 1. The van der Waals surface area contributed by atoms with Gasteiger partial charge in [0.25, 0.3) is 0 Å². The first kappa shape index (κ1) is 8.54. The van der Waals surface area contributed by atoms with Crippen molar-refractivity contribution >= 4 is 49.0 Å². The summed E-state index contributed by atoms with van der Waals surface area (Å²) in [5, 5.41) is 2.09. The predicted molar refractivity (Wildman–Crippen MR) is 59.3 cm³/mol. The van der Waals surface area contributed by atoms with E-state index in [4.69, 9.17) is 11.6 Å². The molecule has 0 amide bonds. The molecule has 0 aliphatic heterocycles. The van der Waals surface area contributed by atoms with Gasteiger partial charge in [0.2, 0.25) is 0 Å². The van der Waals surface area contributed by atoms with Crippen LogP contribution in [0.3, 0.4) is 0 Å². The molecule has 0 spiro atoms. The molecule has 3 heteroatoms. The SMILES string of the molecule is Cc1c(Br)sc2cc(Cl)ccc12. The molecule has 0 fully saturated rings. The van der Waals surface area contributed by atoms with Crippen LogP contribution in [0.5, 0.6) is 0 Å². The average molecular weight is 262 g/mol. The molecule has 0 unspecified atom stereocenters. The van der Waals surface area contributed by atoms with Gasteiger partial charge in [-0.3, -0.25) is 0 Å². The molecular weight excluding hydrogens is 256 g/mol. The van der Waals surface area contributed by atoms with Crippen LogP contribution in [-0.4, -0.2) is 0 Å². The largest absolute Gasteiger partial charge is 0.128 e. The van der Waals surface area contributed by atoms with E-state index in [0.29, 0.717) is 0 Å². The average Bonchev–Trinajstić information content (AvgIpc) is 2.28. The van der Waals surface area contributed by atoms with Crippen molar-refractivity contribution in [2.24, 2.45) is 0 Å². The first-order valence-electron chi connectivity index (χ1n) is 3.52. The summed E-state index contributed by atoms with van der Waals surface area (Å²) >= 11 is 11.1. The molecule has 0 radical (unpaired) electrons. The van der Waals surface area contributed by atoms with Crippen LogP contribution >= 0.6 is 38.9 Å². The lowest BCUT2D eigenvalue weighted by Gasteiger charge is -1.91. The summed E-state index contributed by atoms with van der Waals surface area (Å²) in [6.07, 6.45) is 0. The topological polar surface area (TPSA) is 0 Å². The van der Waals surface area contributed by atoms with Crippen LogP contribution in [0.15, 0.2) is 22.0 Å². The van der Waals surface area contributed by atoms with E-state index < -0.39 is 0 Å². The second-order valence-corrected chi connectivity index (χ2v) is 5.45.